The molecule has 0 saturated heterocycles. The van der Waals surface area contributed by atoms with Gasteiger partial charge in [-0.3, -0.25) is 19.7 Å². The fraction of sp³-hybridized carbons (Fsp3) is 0.300. The average molecular weight is 436 g/mol. The molecule has 0 aliphatic heterocycles. The van der Waals surface area contributed by atoms with Crippen LogP contribution in [-0.2, 0) is 21.9 Å². The smallest absolute Gasteiger partial charge is 0.269 e. The molecule has 0 radical (unpaired) electrons. The van der Waals surface area contributed by atoms with Gasteiger partial charge in [-0.2, -0.15) is 0 Å². The van der Waals surface area contributed by atoms with Gasteiger partial charge in [-0.1, -0.05) is 41.9 Å². The summed E-state index contributed by atoms with van der Waals surface area (Å²) in [6.07, 6.45) is 0. The van der Waals surface area contributed by atoms with Gasteiger partial charge in [0.05, 0.1) is 10.7 Å². The van der Waals surface area contributed by atoms with Crippen molar-refractivity contribution in [3.8, 4) is 0 Å². The largest absolute Gasteiger partial charge is 0.357 e. The molecule has 1 N–H and O–H groups in total. The first-order valence-corrected chi connectivity index (χ1v) is 10.4. The first-order chi connectivity index (χ1) is 13.8. The summed E-state index contributed by atoms with van der Waals surface area (Å²) in [6.45, 7) is 1.90. The highest BCUT2D eigenvalue weighted by atomic mass is 35.5. The van der Waals surface area contributed by atoms with Crippen LogP contribution in [0.25, 0.3) is 0 Å². The third-order valence-electron chi connectivity index (χ3n) is 4.35. The van der Waals surface area contributed by atoms with Crippen molar-refractivity contribution in [2.75, 3.05) is 12.8 Å². The first kappa shape index (κ1) is 22.7. The Kier molecular flexibility index (Phi) is 8.48. The van der Waals surface area contributed by atoms with E-state index in [0.717, 1.165) is 11.1 Å². The van der Waals surface area contributed by atoms with Crippen LogP contribution in [0, 0.1) is 10.1 Å². The Morgan fingerprint density at radius 1 is 1.21 bits per heavy atom. The van der Waals surface area contributed by atoms with E-state index in [-0.39, 0.29) is 29.8 Å². The van der Waals surface area contributed by atoms with Crippen molar-refractivity contribution in [3.05, 3.63) is 74.8 Å². The highest BCUT2D eigenvalue weighted by molar-refractivity contribution is 7.99. The summed E-state index contributed by atoms with van der Waals surface area (Å²) in [5, 5.41) is 13.8. The summed E-state index contributed by atoms with van der Waals surface area (Å²) < 4.78 is 0. The van der Waals surface area contributed by atoms with Crippen LogP contribution in [0.4, 0.5) is 5.69 Å². The third-order valence-corrected chi connectivity index (χ3v) is 5.71. The lowest BCUT2D eigenvalue weighted by Crippen LogP contribution is -2.47. The van der Waals surface area contributed by atoms with Gasteiger partial charge in [0.1, 0.15) is 6.04 Å². The number of carbonyl (C=O) groups is 2. The van der Waals surface area contributed by atoms with E-state index in [1.165, 1.54) is 35.8 Å². The van der Waals surface area contributed by atoms with Gasteiger partial charge in [0.2, 0.25) is 11.8 Å². The maximum atomic E-state index is 12.8. The number of likely N-dealkylation sites (N-methyl/N-ethyl adjacent to an activating group) is 1. The Bertz CT molecular complexity index is 876. The van der Waals surface area contributed by atoms with E-state index in [1.807, 2.05) is 12.1 Å². The highest BCUT2D eigenvalue weighted by Crippen LogP contribution is 2.21. The Hall–Kier alpha value is -2.58. The minimum Gasteiger partial charge on any atom is -0.357 e. The highest BCUT2D eigenvalue weighted by Gasteiger charge is 2.25. The van der Waals surface area contributed by atoms with E-state index in [0.29, 0.717) is 10.8 Å². The van der Waals surface area contributed by atoms with Crippen molar-refractivity contribution in [1.82, 2.24) is 10.2 Å². The summed E-state index contributed by atoms with van der Waals surface area (Å²) in [5.74, 6) is 0.250. The lowest BCUT2D eigenvalue weighted by atomic mass is 10.1. The molecule has 2 aromatic carbocycles. The van der Waals surface area contributed by atoms with E-state index in [2.05, 4.69) is 5.32 Å². The molecule has 0 bridgehead atoms. The molecule has 0 aromatic heterocycles. The molecular formula is C20H22ClN3O4S. The average Bonchev–Trinajstić information content (AvgIpc) is 2.72. The Morgan fingerprint density at radius 3 is 2.45 bits per heavy atom. The molecule has 2 amide bonds. The number of nitro groups is 1. The van der Waals surface area contributed by atoms with Crippen molar-refractivity contribution in [2.45, 2.75) is 25.3 Å². The molecule has 1 atom stereocenters. The zero-order chi connectivity index (χ0) is 21.4. The summed E-state index contributed by atoms with van der Waals surface area (Å²) in [4.78, 5) is 36.7. The topological polar surface area (TPSA) is 92.6 Å². The molecule has 1 unspecified atom stereocenters. The summed E-state index contributed by atoms with van der Waals surface area (Å²) in [7, 11) is 1.53. The number of halogens is 1. The van der Waals surface area contributed by atoms with Crippen molar-refractivity contribution < 1.29 is 14.5 Å². The van der Waals surface area contributed by atoms with Crippen LogP contribution in [0.2, 0.25) is 5.02 Å². The van der Waals surface area contributed by atoms with E-state index in [1.54, 1.807) is 31.2 Å². The molecule has 0 heterocycles. The summed E-state index contributed by atoms with van der Waals surface area (Å²) >= 11 is 7.60. The van der Waals surface area contributed by atoms with E-state index >= 15 is 0 Å². The molecule has 0 saturated carbocycles. The molecule has 154 valence electrons. The maximum Gasteiger partial charge on any atom is 0.269 e. The summed E-state index contributed by atoms with van der Waals surface area (Å²) in [5.41, 5.74) is 1.67. The predicted molar refractivity (Wildman–Crippen MR) is 115 cm³/mol. The number of carbonyl (C=O) groups excluding carboxylic acids is 2. The number of rotatable bonds is 9. The maximum absolute atomic E-state index is 12.8. The second kappa shape index (κ2) is 10.8. The SMILES string of the molecule is CNC(=O)C(C)N(Cc1ccccc1Cl)C(=O)CSCc1ccc([N+](=O)[O-])cc1. The molecule has 2 aromatic rings. The number of nitro benzene ring substituents is 1. The molecule has 0 aliphatic rings. The van der Waals surface area contributed by atoms with Crippen LogP contribution >= 0.6 is 23.4 Å². The number of thioether (sulfide) groups is 1. The number of amides is 2. The van der Waals surface area contributed by atoms with E-state index in [9.17, 15) is 19.7 Å². The van der Waals surface area contributed by atoms with E-state index < -0.39 is 11.0 Å². The minimum absolute atomic E-state index is 0.0279. The van der Waals surface area contributed by atoms with Crippen molar-refractivity contribution in [1.29, 1.82) is 0 Å². The minimum atomic E-state index is -0.649. The Balaban J connectivity index is 2.03. The fourth-order valence-electron chi connectivity index (χ4n) is 2.65. The zero-order valence-electron chi connectivity index (χ0n) is 16.1. The quantitative estimate of drug-likeness (QED) is 0.479. The first-order valence-electron chi connectivity index (χ1n) is 8.89. The predicted octanol–water partition coefficient (Wildman–Crippen LogP) is 3.64. The van der Waals surface area contributed by atoms with Crippen LogP contribution in [0.15, 0.2) is 48.5 Å². The van der Waals surface area contributed by atoms with Gasteiger partial charge < -0.3 is 10.2 Å². The van der Waals surface area contributed by atoms with Gasteiger partial charge in [-0.25, -0.2) is 0 Å². The number of nitrogens with one attached hydrogen (secondary N) is 1. The lowest BCUT2D eigenvalue weighted by molar-refractivity contribution is -0.384. The summed E-state index contributed by atoms with van der Waals surface area (Å²) in [6, 6.07) is 12.8. The second-order valence-corrected chi connectivity index (χ2v) is 7.71. The Labute approximate surface area is 178 Å². The van der Waals surface area contributed by atoms with Gasteiger partial charge in [0.15, 0.2) is 0 Å². The van der Waals surface area contributed by atoms with Crippen molar-refractivity contribution in [3.63, 3.8) is 0 Å². The molecule has 0 spiro atoms. The van der Waals surface area contributed by atoms with Gasteiger partial charge in [0.25, 0.3) is 5.69 Å². The van der Waals surface area contributed by atoms with Gasteiger partial charge in [-0.15, -0.1) is 11.8 Å². The van der Waals surface area contributed by atoms with Crippen LogP contribution in [0.5, 0.6) is 0 Å². The molecule has 29 heavy (non-hydrogen) atoms. The van der Waals surface area contributed by atoms with E-state index in [4.69, 9.17) is 11.6 Å². The van der Waals surface area contributed by atoms with Crippen LogP contribution in [-0.4, -0.2) is 40.5 Å². The lowest BCUT2D eigenvalue weighted by Gasteiger charge is -2.28. The fourth-order valence-corrected chi connectivity index (χ4v) is 3.72. The van der Waals surface area contributed by atoms with Gasteiger partial charge in [0, 0.05) is 36.5 Å². The molecule has 7 nitrogen and oxygen atoms in total. The number of benzene rings is 2. The molecule has 0 fully saturated rings. The Morgan fingerprint density at radius 2 is 1.86 bits per heavy atom. The van der Waals surface area contributed by atoms with Crippen LogP contribution in [0.1, 0.15) is 18.1 Å². The standard InChI is InChI=1S/C20H22ClN3O4S/c1-14(20(26)22-2)23(11-16-5-3-4-6-18(16)21)19(25)13-29-12-15-7-9-17(10-8-15)24(27)28/h3-10,14H,11-13H2,1-2H3,(H,22,26). The molecular weight excluding hydrogens is 414 g/mol. The van der Waals surface area contributed by atoms with Gasteiger partial charge in [-0.05, 0) is 24.1 Å². The van der Waals surface area contributed by atoms with Crippen LogP contribution < -0.4 is 5.32 Å². The second-order valence-electron chi connectivity index (χ2n) is 6.32. The number of non-ortho nitro benzene ring substituents is 1. The monoisotopic (exact) mass is 435 g/mol. The molecule has 9 heteroatoms. The number of nitrogens with zero attached hydrogens (tertiary/aromatic N) is 2. The molecule has 2 rings (SSSR count). The van der Waals surface area contributed by atoms with Gasteiger partial charge >= 0.3 is 0 Å². The van der Waals surface area contributed by atoms with Crippen molar-refractivity contribution in [2.24, 2.45) is 0 Å². The third kappa shape index (κ3) is 6.47. The number of hydrogen-bond acceptors (Lipinski definition) is 5. The van der Waals surface area contributed by atoms with Crippen molar-refractivity contribution >= 4 is 40.9 Å². The van der Waals surface area contributed by atoms with Crippen LogP contribution in [0.3, 0.4) is 0 Å². The number of hydrogen-bond donors (Lipinski definition) is 1. The zero-order valence-corrected chi connectivity index (χ0v) is 17.7. The molecule has 0 aliphatic carbocycles. The normalized spacial score (nSPS) is 11.6.